The Kier molecular flexibility index (Phi) is 5.41. The van der Waals surface area contributed by atoms with Gasteiger partial charge in [0.2, 0.25) is 15.8 Å². The molecule has 1 aliphatic heterocycles. The first-order valence-corrected chi connectivity index (χ1v) is 10.7. The fourth-order valence-electron chi connectivity index (χ4n) is 3.14. The molecule has 0 saturated carbocycles. The van der Waals surface area contributed by atoms with Crippen LogP contribution in [0.4, 0.5) is 0 Å². The van der Waals surface area contributed by atoms with Gasteiger partial charge in [-0.1, -0.05) is 35.5 Å². The van der Waals surface area contributed by atoms with Crippen molar-refractivity contribution in [3.8, 4) is 11.4 Å². The molecule has 150 valence electrons. The van der Waals surface area contributed by atoms with Crippen molar-refractivity contribution in [2.75, 3.05) is 13.1 Å². The zero-order chi connectivity index (χ0) is 20.3. The molecule has 8 nitrogen and oxygen atoms in total. The standard InChI is InChI=1S/C20H20N4O4S/c25-19(21-14-15-6-2-1-3-7-15)20-22-18(23-28-20)16-8-10-17(11-9-16)29(26,27)24-12-4-5-13-24/h1-3,6-11H,4-5,12-14H2,(H,21,25). The molecule has 0 atom stereocenters. The topological polar surface area (TPSA) is 105 Å². The van der Waals surface area contributed by atoms with Crippen LogP contribution in [-0.2, 0) is 16.6 Å². The Morgan fingerprint density at radius 3 is 2.41 bits per heavy atom. The number of sulfonamides is 1. The van der Waals surface area contributed by atoms with E-state index in [1.807, 2.05) is 30.3 Å². The first kappa shape index (κ1) is 19.3. The van der Waals surface area contributed by atoms with Gasteiger partial charge in [0, 0.05) is 25.2 Å². The number of hydrogen-bond acceptors (Lipinski definition) is 6. The molecule has 1 fully saturated rings. The summed E-state index contributed by atoms with van der Waals surface area (Å²) < 4.78 is 31.7. The Bertz CT molecular complexity index is 1090. The van der Waals surface area contributed by atoms with Crippen LogP contribution in [0.1, 0.15) is 29.1 Å². The molecule has 9 heteroatoms. The SMILES string of the molecule is O=C(NCc1ccccc1)c1nc(-c2ccc(S(=O)(=O)N3CCCC3)cc2)no1. The van der Waals surface area contributed by atoms with Crippen molar-refractivity contribution in [2.24, 2.45) is 0 Å². The summed E-state index contributed by atoms with van der Waals surface area (Å²) in [7, 11) is -3.47. The molecule has 2 aromatic carbocycles. The predicted octanol–water partition coefficient (Wildman–Crippen LogP) is 2.45. The van der Waals surface area contributed by atoms with E-state index in [9.17, 15) is 13.2 Å². The molecule has 0 spiro atoms. The van der Waals surface area contributed by atoms with Crippen LogP contribution in [-0.4, -0.2) is 41.9 Å². The Hall–Kier alpha value is -3.04. The van der Waals surface area contributed by atoms with Crippen LogP contribution in [0.3, 0.4) is 0 Å². The van der Waals surface area contributed by atoms with E-state index in [0.717, 1.165) is 18.4 Å². The highest BCUT2D eigenvalue weighted by atomic mass is 32.2. The lowest BCUT2D eigenvalue weighted by atomic mass is 10.2. The van der Waals surface area contributed by atoms with E-state index in [0.29, 0.717) is 25.2 Å². The first-order chi connectivity index (χ1) is 14.0. The van der Waals surface area contributed by atoms with Gasteiger partial charge >= 0.3 is 11.8 Å². The Morgan fingerprint density at radius 2 is 1.72 bits per heavy atom. The third-order valence-corrected chi connectivity index (χ3v) is 6.64. The highest BCUT2D eigenvalue weighted by molar-refractivity contribution is 7.89. The number of carbonyl (C=O) groups is 1. The lowest BCUT2D eigenvalue weighted by molar-refractivity contribution is 0.0907. The van der Waals surface area contributed by atoms with Crippen LogP contribution in [0.25, 0.3) is 11.4 Å². The number of nitrogens with zero attached hydrogens (tertiary/aromatic N) is 3. The van der Waals surface area contributed by atoms with Crippen LogP contribution >= 0.6 is 0 Å². The van der Waals surface area contributed by atoms with Gasteiger partial charge in [0.25, 0.3) is 0 Å². The molecule has 3 aromatic rings. The highest BCUT2D eigenvalue weighted by Gasteiger charge is 2.27. The third-order valence-electron chi connectivity index (χ3n) is 4.73. The molecule has 2 heterocycles. The largest absolute Gasteiger partial charge is 0.344 e. The monoisotopic (exact) mass is 412 g/mol. The van der Waals surface area contributed by atoms with Crippen LogP contribution in [0.2, 0.25) is 0 Å². The van der Waals surface area contributed by atoms with Crippen LogP contribution in [0.5, 0.6) is 0 Å². The van der Waals surface area contributed by atoms with Gasteiger partial charge in [-0.25, -0.2) is 8.42 Å². The maximum Gasteiger partial charge on any atom is 0.316 e. The Labute approximate surface area is 168 Å². The molecule has 1 aliphatic rings. The van der Waals surface area contributed by atoms with Gasteiger partial charge in [0.05, 0.1) is 4.90 Å². The number of benzene rings is 2. The van der Waals surface area contributed by atoms with Crippen molar-refractivity contribution < 1.29 is 17.7 Å². The molecule has 1 N–H and O–H groups in total. The van der Waals surface area contributed by atoms with Gasteiger partial charge < -0.3 is 9.84 Å². The second-order valence-corrected chi connectivity index (χ2v) is 8.66. The normalized spacial score (nSPS) is 14.8. The number of hydrogen-bond donors (Lipinski definition) is 1. The van der Waals surface area contributed by atoms with Gasteiger partial charge in [-0.2, -0.15) is 9.29 Å². The van der Waals surface area contributed by atoms with Crippen molar-refractivity contribution in [3.63, 3.8) is 0 Å². The van der Waals surface area contributed by atoms with E-state index < -0.39 is 15.9 Å². The summed E-state index contributed by atoms with van der Waals surface area (Å²) in [5.74, 6) is -0.398. The van der Waals surface area contributed by atoms with E-state index in [1.54, 1.807) is 12.1 Å². The van der Waals surface area contributed by atoms with Gasteiger partial charge in [-0.15, -0.1) is 0 Å². The summed E-state index contributed by atoms with van der Waals surface area (Å²) in [5.41, 5.74) is 1.52. The fourth-order valence-corrected chi connectivity index (χ4v) is 4.66. The molecule has 0 radical (unpaired) electrons. The maximum absolute atomic E-state index is 12.6. The van der Waals surface area contributed by atoms with E-state index in [-0.39, 0.29) is 16.6 Å². The summed E-state index contributed by atoms with van der Waals surface area (Å²) in [6, 6.07) is 15.7. The molecule has 1 saturated heterocycles. The highest BCUT2D eigenvalue weighted by Crippen LogP contribution is 2.23. The van der Waals surface area contributed by atoms with Gasteiger partial charge in [0.15, 0.2) is 0 Å². The molecule has 1 aromatic heterocycles. The lowest BCUT2D eigenvalue weighted by Gasteiger charge is -2.15. The minimum atomic E-state index is -3.47. The van der Waals surface area contributed by atoms with Crippen molar-refractivity contribution in [1.29, 1.82) is 0 Å². The molecule has 0 unspecified atom stereocenters. The number of rotatable bonds is 6. The summed E-state index contributed by atoms with van der Waals surface area (Å²) in [6.07, 6.45) is 1.77. The molecule has 1 amide bonds. The molecule has 0 bridgehead atoms. The molecule has 4 rings (SSSR count). The third kappa shape index (κ3) is 4.20. The van der Waals surface area contributed by atoms with Crippen LogP contribution in [0.15, 0.2) is 64.0 Å². The van der Waals surface area contributed by atoms with Crippen molar-refractivity contribution in [2.45, 2.75) is 24.3 Å². The van der Waals surface area contributed by atoms with Crippen molar-refractivity contribution in [3.05, 3.63) is 66.1 Å². The number of nitrogens with one attached hydrogen (secondary N) is 1. The van der Waals surface area contributed by atoms with Gasteiger partial charge in [0.1, 0.15) is 0 Å². The Morgan fingerprint density at radius 1 is 1.03 bits per heavy atom. The van der Waals surface area contributed by atoms with Crippen LogP contribution in [0, 0.1) is 0 Å². The second-order valence-electron chi connectivity index (χ2n) is 6.73. The minimum Gasteiger partial charge on any atom is -0.344 e. The zero-order valence-electron chi connectivity index (χ0n) is 15.6. The van der Waals surface area contributed by atoms with Gasteiger partial charge in [-0.05, 0) is 42.7 Å². The van der Waals surface area contributed by atoms with E-state index in [1.165, 1.54) is 16.4 Å². The molecular formula is C20H20N4O4S. The predicted molar refractivity (Wildman–Crippen MR) is 105 cm³/mol. The quantitative estimate of drug-likeness (QED) is 0.667. The fraction of sp³-hybridized carbons (Fsp3) is 0.250. The summed E-state index contributed by atoms with van der Waals surface area (Å²) in [6.45, 7) is 1.45. The summed E-state index contributed by atoms with van der Waals surface area (Å²) in [4.78, 5) is 16.5. The van der Waals surface area contributed by atoms with Gasteiger partial charge in [-0.3, -0.25) is 4.79 Å². The molecular weight excluding hydrogens is 392 g/mol. The summed E-state index contributed by atoms with van der Waals surface area (Å²) in [5, 5.41) is 6.55. The van der Waals surface area contributed by atoms with Crippen molar-refractivity contribution >= 4 is 15.9 Å². The summed E-state index contributed by atoms with van der Waals surface area (Å²) >= 11 is 0. The zero-order valence-corrected chi connectivity index (χ0v) is 16.4. The first-order valence-electron chi connectivity index (χ1n) is 9.30. The smallest absolute Gasteiger partial charge is 0.316 e. The average Bonchev–Trinajstić information content (AvgIpc) is 3.45. The number of aromatic nitrogens is 2. The number of amides is 1. The molecule has 29 heavy (non-hydrogen) atoms. The Balaban J connectivity index is 1.44. The van der Waals surface area contributed by atoms with E-state index in [2.05, 4.69) is 15.5 Å². The van der Waals surface area contributed by atoms with E-state index in [4.69, 9.17) is 4.52 Å². The average molecular weight is 412 g/mol. The maximum atomic E-state index is 12.6. The van der Waals surface area contributed by atoms with E-state index >= 15 is 0 Å². The lowest BCUT2D eigenvalue weighted by Crippen LogP contribution is -2.27. The van der Waals surface area contributed by atoms with Crippen LogP contribution < -0.4 is 5.32 Å². The second kappa shape index (κ2) is 8.14. The van der Waals surface area contributed by atoms with Crippen molar-refractivity contribution in [1.82, 2.24) is 19.8 Å². The number of carbonyl (C=O) groups excluding carboxylic acids is 1. The molecule has 0 aliphatic carbocycles. The minimum absolute atomic E-state index is 0.148.